The summed E-state index contributed by atoms with van der Waals surface area (Å²) in [7, 11) is 1.66. The molecule has 0 saturated heterocycles. The summed E-state index contributed by atoms with van der Waals surface area (Å²) in [5, 5.41) is 8.32. The number of carbonyl (C=O) groups is 3. The number of nitrogens with one attached hydrogen (secondary N) is 3. The molecule has 3 N–H and O–H groups in total. The average Bonchev–Trinajstić information content (AvgIpc) is 2.71. The SMILES string of the molecule is CC(C)C(NC(=O)Nc1ccccc1)C(=O)Nc1cccc(CN(C)C(=O)OC(C)(C)C)c1. The molecule has 2 rings (SSSR count). The molecule has 2 aromatic carbocycles. The van der Waals surface area contributed by atoms with Gasteiger partial charge in [0.2, 0.25) is 5.91 Å². The van der Waals surface area contributed by atoms with Crippen molar-refractivity contribution in [3.05, 3.63) is 60.2 Å². The van der Waals surface area contributed by atoms with Crippen LogP contribution in [-0.4, -0.2) is 41.6 Å². The molecule has 0 aliphatic carbocycles. The molecule has 0 spiro atoms. The minimum Gasteiger partial charge on any atom is -0.444 e. The molecular formula is C25H34N4O4. The second-order valence-corrected chi connectivity index (χ2v) is 9.21. The third kappa shape index (κ3) is 8.84. The largest absolute Gasteiger partial charge is 0.444 e. The molecule has 8 nitrogen and oxygen atoms in total. The van der Waals surface area contributed by atoms with E-state index in [2.05, 4.69) is 16.0 Å². The molecule has 0 aliphatic rings. The Bertz CT molecular complexity index is 954. The van der Waals surface area contributed by atoms with Crippen LogP contribution in [0.15, 0.2) is 54.6 Å². The van der Waals surface area contributed by atoms with Gasteiger partial charge in [-0.15, -0.1) is 0 Å². The Morgan fingerprint density at radius 1 is 0.939 bits per heavy atom. The Labute approximate surface area is 195 Å². The lowest BCUT2D eigenvalue weighted by Crippen LogP contribution is -2.48. The molecule has 0 saturated carbocycles. The molecule has 178 valence electrons. The van der Waals surface area contributed by atoms with E-state index >= 15 is 0 Å². The third-order valence-corrected chi connectivity index (χ3v) is 4.59. The van der Waals surface area contributed by atoms with E-state index in [4.69, 9.17) is 4.74 Å². The first-order chi connectivity index (χ1) is 15.4. The van der Waals surface area contributed by atoms with E-state index in [1.54, 1.807) is 37.4 Å². The van der Waals surface area contributed by atoms with Crippen LogP contribution in [-0.2, 0) is 16.1 Å². The number of rotatable bonds is 7. The van der Waals surface area contributed by atoms with Crippen LogP contribution in [0.1, 0.15) is 40.2 Å². The molecule has 0 radical (unpaired) electrons. The average molecular weight is 455 g/mol. The number of carbonyl (C=O) groups excluding carboxylic acids is 3. The number of hydrogen-bond acceptors (Lipinski definition) is 4. The van der Waals surface area contributed by atoms with Gasteiger partial charge in [-0.25, -0.2) is 9.59 Å². The van der Waals surface area contributed by atoms with Gasteiger partial charge in [-0.05, 0) is 56.5 Å². The Balaban J connectivity index is 2.00. The van der Waals surface area contributed by atoms with E-state index in [0.29, 0.717) is 17.9 Å². The zero-order valence-corrected chi connectivity index (χ0v) is 20.1. The summed E-state index contributed by atoms with van der Waals surface area (Å²) in [6.45, 7) is 9.49. The standard InChI is InChI=1S/C25H34N4O4/c1-17(2)21(28-23(31)27-19-12-8-7-9-13-19)22(30)26-20-14-10-11-18(15-20)16-29(6)24(32)33-25(3,4)5/h7-15,17,21H,16H2,1-6H3,(H,26,30)(H2,27,28,31). The zero-order chi connectivity index (χ0) is 24.6. The van der Waals surface area contributed by atoms with Gasteiger partial charge in [-0.3, -0.25) is 4.79 Å². The van der Waals surface area contributed by atoms with Crippen LogP contribution >= 0.6 is 0 Å². The Hall–Kier alpha value is -3.55. The zero-order valence-electron chi connectivity index (χ0n) is 20.1. The smallest absolute Gasteiger partial charge is 0.410 e. The summed E-state index contributed by atoms with van der Waals surface area (Å²) < 4.78 is 5.37. The fraction of sp³-hybridized carbons (Fsp3) is 0.400. The summed E-state index contributed by atoms with van der Waals surface area (Å²) in [4.78, 5) is 39.0. The van der Waals surface area contributed by atoms with Gasteiger partial charge in [0.1, 0.15) is 11.6 Å². The van der Waals surface area contributed by atoms with Crippen LogP contribution in [0.2, 0.25) is 0 Å². The van der Waals surface area contributed by atoms with Crippen molar-refractivity contribution in [2.24, 2.45) is 5.92 Å². The first-order valence-electron chi connectivity index (χ1n) is 10.9. The molecular weight excluding hydrogens is 420 g/mol. The van der Waals surface area contributed by atoms with Crippen molar-refractivity contribution in [2.45, 2.75) is 52.8 Å². The van der Waals surface area contributed by atoms with Crippen molar-refractivity contribution in [1.29, 1.82) is 0 Å². The molecule has 0 bridgehead atoms. The summed E-state index contributed by atoms with van der Waals surface area (Å²) >= 11 is 0. The number of amides is 4. The van der Waals surface area contributed by atoms with E-state index in [-0.39, 0.29) is 11.8 Å². The van der Waals surface area contributed by atoms with E-state index in [9.17, 15) is 14.4 Å². The maximum absolute atomic E-state index is 12.9. The Morgan fingerprint density at radius 3 is 2.18 bits per heavy atom. The van der Waals surface area contributed by atoms with Gasteiger partial charge in [-0.1, -0.05) is 44.2 Å². The van der Waals surface area contributed by atoms with Crippen LogP contribution in [0.4, 0.5) is 21.0 Å². The van der Waals surface area contributed by atoms with Crippen LogP contribution in [0.5, 0.6) is 0 Å². The van der Waals surface area contributed by atoms with Crippen molar-refractivity contribution in [3.63, 3.8) is 0 Å². The second kappa shape index (κ2) is 11.4. The van der Waals surface area contributed by atoms with Crippen molar-refractivity contribution >= 4 is 29.4 Å². The van der Waals surface area contributed by atoms with E-state index in [1.165, 1.54) is 4.90 Å². The summed E-state index contributed by atoms with van der Waals surface area (Å²) in [6.07, 6.45) is -0.426. The lowest BCUT2D eigenvalue weighted by Gasteiger charge is -2.25. The molecule has 1 unspecified atom stereocenters. The van der Waals surface area contributed by atoms with Crippen molar-refractivity contribution in [2.75, 3.05) is 17.7 Å². The van der Waals surface area contributed by atoms with Crippen molar-refractivity contribution in [3.8, 4) is 0 Å². The molecule has 0 fully saturated rings. The summed E-state index contributed by atoms with van der Waals surface area (Å²) in [5.41, 5.74) is 1.47. The highest BCUT2D eigenvalue weighted by Gasteiger charge is 2.25. The Morgan fingerprint density at radius 2 is 1.58 bits per heavy atom. The maximum Gasteiger partial charge on any atom is 0.410 e. The van der Waals surface area contributed by atoms with Crippen molar-refractivity contribution < 1.29 is 19.1 Å². The van der Waals surface area contributed by atoms with Crippen LogP contribution in [0, 0.1) is 5.92 Å². The lowest BCUT2D eigenvalue weighted by atomic mass is 10.0. The van der Waals surface area contributed by atoms with Crippen molar-refractivity contribution in [1.82, 2.24) is 10.2 Å². The second-order valence-electron chi connectivity index (χ2n) is 9.21. The molecule has 0 aliphatic heterocycles. The Kier molecular flexibility index (Phi) is 8.85. The molecule has 4 amide bonds. The number of benzene rings is 2. The first kappa shape index (κ1) is 25.7. The monoisotopic (exact) mass is 454 g/mol. The van der Waals surface area contributed by atoms with Gasteiger partial charge in [-0.2, -0.15) is 0 Å². The number of nitrogens with zero attached hydrogens (tertiary/aromatic N) is 1. The first-order valence-corrected chi connectivity index (χ1v) is 10.9. The fourth-order valence-electron chi connectivity index (χ4n) is 3.01. The highest BCUT2D eigenvalue weighted by Crippen LogP contribution is 2.16. The molecule has 2 aromatic rings. The van der Waals surface area contributed by atoms with Gasteiger partial charge < -0.3 is 25.6 Å². The normalized spacial score (nSPS) is 12.0. The number of para-hydroxylation sites is 1. The molecule has 0 heterocycles. The van der Waals surface area contributed by atoms with Gasteiger partial charge in [0.25, 0.3) is 0 Å². The highest BCUT2D eigenvalue weighted by molar-refractivity contribution is 5.99. The third-order valence-electron chi connectivity index (χ3n) is 4.59. The quantitative estimate of drug-likeness (QED) is 0.557. The van der Waals surface area contributed by atoms with E-state index in [0.717, 1.165) is 5.56 Å². The molecule has 8 heteroatoms. The van der Waals surface area contributed by atoms with Crippen LogP contribution in [0.3, 0.4) is 0 Å². The topological polar surface area (TPSA) is 99.8 Å². The highest BCUT2D eigenvalue weighted by atomic mass is 16.6. The fourth-order valence-corrected chi connectivity index (χ4v) is 3.01. The summed E-state index contributed by atoms with van der Waals surface area (Å²) in [6, 6.07) is 15.0. The molecule has 0 aromatic heterocycles. The lowest BCUT2D eigenvalue weighted by molar-refractivity contribution is -0.118. The predicted octanol–water partition coefficient (Wildman–Crippen LogP) is 4.84. The van der Waals surface area contributed by atoms with Crippen LogP contribution < -0.4 is 16.0 Å². The minimum absolute atomic E-state index is 0.131. The number of ether oxygens (including phenoxy) is 1. The molecule has 1 atom stereocenters. The van der Waals surface area contributed by atoms with Gasteiger partial charge in [0, 0.05) is 25.0 Å². The van der Waals surface area contributed by atoms with Gasteiger partial charge in [0.05, 0.1) is 0 Å². The number of urea groups is 1. The summed E-state index contributed by atoms with van der Waals surface area (Å²) in [5.74, 6) is -0.459. The molecule has 33 heavy (non-hydrogen) atoms. The number of hydrogen-bond donors (Lipinski definition) is 3. The van der Waals surface area contributed by atoms with Gasteiger partial charge >= 0.3 is 12.1 Å². The van der Waals surface area contributed by atoms with Crippen LogP contribution in [0.25, 0.3) is 0 Å². The number of anilines is 2. The van der Waals surface area contributed by atoms with E-state index in [1.807, 2.05) is 58.9 Å². The predicted molar refractivity (Wildman–Crippen MR) is 130 cm³/mol. The minimum atomic E-state index is -0.734. The van der Waals surface area contributed by atoms with E-state index < -0.39 is 23.8 Å². The maximum atomic E-state index is 12.9. The van der Waals surface area contributed by atoms with Gasteiger partial charge in [0.15, 0.2) is 0 Å².